The van der Waals surface area contributed by atoms with Crippen LogP contribution >= 0.6 is 0 Å². The molecule has 1 fully saturated rings. The zero-order chi connectivity index (χ0) is 13.9. The van der Waals surface area contributed by atoms with Crippen LogP contribution in [0.25, 0.3) is 0 Å². The number of rotatable bonds is 5. The maximum absolute atomic E-state index is 13.0. The molecule has 0 saturated heterocycles. The summed E-state index contributed by atoms with van der Waals surface area (Å²) in [6.07, 6.45) is 2.50. The Bertz CT molecular complexity index is 597. The van der Waals surface area contributed by atoms with Gasteiger partial charge in [0.15, 0.2) is 0 Å². The van der Waals surface area contributed by atoms with Gasteiger partial charge in [-0.15, -0.1) is 5.10 Å². The number of hydrogen-bond donors (Lipinski definition) is 1. The van der Waals surface area contributed by atoms with Crippen molar-refractivity contribution in [3.8, 4) is 11.6 Å². The first-order chi connectivity index (χ1) is 9.70. The summed E-state index contributed by atoms with van der Waals surface area (Å²) in [5, 5.41) is 11.5. The minimum atomic E-state index is -0.276. The fourth-order valence-corrected chi connectivity index (χ4v) is 1.87. The fraction of sp³-hybridized carbons (Fsp3) is 0.333. The van der Waals surface area contributed by atoms with Gasteiger partial charge >= 0.3 is 0 Å². The molecular formula is C15H16FN3O. The predicted molar refractivity (Wildman–Crippen MR) is 73.1 cm³/mol. The Kier molecular flexibility index (Phi) is 3.60. The van der Waals surface area contributed by atoms with Gasteiger partial charge in [0, 0.05) is 18.7 Å². The van der Waals surface area contributed by atoms with Gasteiger partial charge in [0.2, 0.25) is 5.88 Å². The molecule has 0 atom stereocenters. The van der Waals surface area contributed by atoms with Gasteiger partial charge in [-0.1, -0.05) is 0 Å². The van der Waals surface area contributed by atoms with E-state index in [4.69, 9.17) is 4.74 Å². The molecule has 0 bridgehead atoms. The Morgan fingerprint density at radius 2 is 2.10 bits per heavy atom. The first kappa shape index (κ1) is 13.0. The number of ether oxygens (including phenoxy) is 1. The zero-order valence-electron chi connectivity index (χ0n) is 11.3. The number of nitrogens with one attached hydrogen (secondary N) is 1. The SMILES string of the molecule is Cc1cc(F)ccc1Oc1ccc(CNC2CC2)nn1. The van der Waals surface area contributed by atoms with E-state index in [1.807, 2.05) is 6.07 Å². The van der Waals surface area contributed by atoms with Crippen LogP contribution in [0.1, 0.15) is 24.1 Å². The van der Waals surface area contributed by atoms with Crippen LogP contribution in [0.15, 0.2) is 30.3 Å². The van der Waals surface area contributed by atoms with Crippen molar-refractivity contribution in [2.24, 2.45) is 0 Å². The summed E-state index contributed by atoms with van der Waals surface area (Å²) < 4.78 is 18.6. The van der Waals surface area contributed by atoms with Crippen molar-refractivity contribution in [2.45, 2.75) is 32.4 Å². The van der Waals surface area contributed by atoms with Gasteiger partial charge in [-0.2, -0.15) is 5.10 Å². The van der Waals surface area contributed by atoms with Crippen molar-refractivity contribution < 1.29 is 9.13 Å². The molecule has 1 aromatic carbocycles. The van der Waals surface area contributed by atoms with Gasteiger partial charge in [0.1, 0.15) is 11.6 Å². The third-order valence-corrected chi connectivity index (χ3v) is 3.20. The Morgan fingerprint density at radius 3 is 2.75 bits per heavy atom. The molecule has 1 aliphatic carbocycles. The average Bonchev–Trinajstić information content (AvgIpc) is 3.25. The number of halogens is 1. The highest BCUT2D eigenvalue weighted by atomic mass is 19.1. The molecule has 5 heteroatoms. The molecular weight excluding hydrogens is 257 g/mol. The molecule has 0 radical (unpaired) electrons. The summed E-state index contributed by atoms with van der Waals surface area (Å²) in [5.74, 6) is 0.724. The molecule has 1 aromatic heterocycles. The van der Waals surface area contributed by atoms with Crippen LogP contribution in [0, 0.1) is 12.7 Å². The smallest absolute Gasteiger partial charge is 0.238 e. The highest BCUT2D eigenvalue weighted by Gasteiger charge is 2.20. The molecule has 0 aliphatic heterocycles. The lowest BCUT2D eigenvalue weighted by atomic mass is 10.2. The second-order valence-corrected chi connectivity index (χ2v) is 5.03. The van der Waals surface area contributed by atoms with Crippen molar-refractivity contribution in [3.05, 3.63) is 47.4 Å². The summed E-state index contributed by atoms with van der Waals surface area (Å²) >= 11 is 0. The molecule has 0 amide bonds. The lowest BCUT2D eigenvalue weighted by molar-refractivity contribution is 0.448. The van der Waals surface area contributed by atoms with Gasteiger partial charge < -0.3 is 10.1 Å². The molecule has 1 N–H and O–H groups in total. The number of hydrogen-bond acceptors (Lipinski definition) is 4. The molecule has 2 aromatic rings. The zero-order valence-corrected chi connectivity index (χ0v) is 11.3. The Labute approximate surface area is 117 Å². The third-order valence-electron chi connectivity index (χ3n) is 3.20. The van der Waals surface area contributed by atoms with Crippen LogP contribution < -0.4 is 10.1 Å². The number of aromatic nitrogens is 2. The van der Waals surface area contributed by atoms with Gasteiger partial charge in [-0.05, 0) is 49.6 Å². The monoisotopic (exact) mass is 273 g/mol. The minimum absolute atomic E-state index is 0.276. The van der Waals surface area contributed by atoms with Crippen molar-refractivity contribution in [2.75, 3.05) is 0 Å². The molecule has 1 aliphatic rings. The lowest BCUT2D eigenvalue weighted by Gasteiger charge is -2.08. The van der Waals surface area contributed by atoms with Crippen LogP contribution in [-0.2, 0) is 6.54 Å². The van der Waals surface area contributed by atoms with E-state index in [2.05, 4.69) is 15.5 Å². The van der Waals surface area contributed by atoms with Crippen molar-refractivity contribution >= 4 is 0 Å². The summed E-state index contributed by atoms with van der Waals surface area (Å²) in [6.45, 7) is 2.52. The molecule has 1 heterocycles. The van der Waals surface area contributed by atoms with Crippen molar-refractivity contribution in [1.82, 2.24) is 15.5 Å². The van der Waals surface area contributed by atoms with Crippen molar-refractivity contribution in [3.63, 3.8) is 0 Å². The highest BCUT2D eigenvalue weighted by Crippen LogP contribution is 2.24. The Morgan fingerprint density at radius 1 is 1.25 bits per heavy atom. The van der Waals surface area contributed by atoms with Gasteiger partial charge in [0.25, 0.3) is 0 Å². The largest absolute Gasteiger partial charge is 0.437 e. The lowest BCUT2D eigenvalue weighted by Crippen LogP contribution is -2.16. The topological polar surface area (TPSA) is 47.0 Å². The molecule has 3 rings (SSSR count). The van der Waals surface area contributed by atoms with E-state index < -0.39 is 0 Å². The van der Waals surface area contributed by atoms with E-state index >= 15 is 0 Å². The molecule has 20 heavy (non-hydrogen) atoms. The van der Waals surface area contributed by atoms with Gasteiger partial charge in [-0.3, -0.25) is 0 Å². The molecule has 104 valence electrons. The maximum Gasteiger partial charge on any atom is 0.238 e. The van der Waals surface area contributed by atoms with Crippen LogP contribution in [-0.4, -0.2) is 16.2 Å². The standard InChI is InChI=1S/C15H16FN3O/c1-10-8-11(16)2-6-14(10)20-15-7-5-13(18-19-15)9-17-12-3-4-12/h2,5-8,12,17H,3-4,9H2,1H3. The van der Waals surface area contributed by atoms with Crippen LogP contribution in [0.4, 0.5) is 4.39 Å². The van der Waals surface area contributed by atoms with E-state index in [1.165, 1.54) is 25.0 Å². The van der Waals surface area contributed by atoms with Crippen molar-refractivity contribution in [1.29, 1.82) is 0 Å². The fourth-order valence-electron chi connectivity index (χ4n) is 1.87. The highest BCUT2D eigenvalue weighted by molar-refractivity contribution is 5.35. The molecule has 0 unspecified atom stereocenters. The van der Waals surface area contributed by atoms with Crippen LogP contribution in [0.3, 0.4) is 0 Å². The van der Waals surface area contributed by atoms with E-state index in [-0.39, 0.29) is 5.82 Å². The van der Waals surface area contributed by atoms with Crippen LogP contribution in [0.5, 0.6) is 11.6 Å². The molecule has 0 spiro atoms. The first-order valence-electron chi connectivity index (χ1n) is 6.71. The third kappa shape index (κ3) is 3.30. The van der Waals surface area contributed by atoms with E-state index in [1.54, 1.807) is 19.1 Å². The summed E-state index contributed by atoms with van der Waals surface area (Å²) in [6, 6.07) is 8.69. The minimum Gasteiger partial charge on any atom is -0.437 e. The summed E-state index contributed by atoms with van der Waals surface area (Å²) in [7, 11) is 0. The molecule has 4 nitrogen and oxygen atoms in total. The number of nitrogens with zero attached hydrogens (tertiary/aromatic N) is 2. The first-order valence-corrected chi connectivity index (χ1v) is 6.71. The summed E-state index contributed by atoms with van der Waals surface area (Å²) in [5.41, 5.74) is 1.62. The molecule has 1 saturated carbocycles. The number of aryl methyl sites for hydroxylation is 1. The van der Waals surface area contributed by atoms with E-state index in [9.17, 15) is 4.39 Å². The van der Waals surface area contributed by atoms with E-state index in [0.717, 1.165) is 17.8 Å². The predicted octanol–water partition coefficient (Wildman–Crippen LogP) is 2.97. The summed E-state index contributed by atoms with van der Waals surface area (Å²) in [4.78, 5) is 0. The number of benzene rings is 1. The maximum atomic E-state index is 13.0. The van der Waals surface area contributed by atoms with Gasteiger partial charge in [0.05, 0.1) is 5.69 Å². The van der Waals surface area contributed by atoms with Gasteiger partial charge in [-0.25, -0.2) is 4.39 Å². The average molecular weight is 273 g/mol. The Balaban J connectivity index is 1.64. The Hall–Kier alpha value is -2.01. The van der Waals surface area contributed by atoms with Crippen LogP contribution in [0.2, 0.25) is 0 Å². The second-order valence-electron chi connectivity index (χ2n) is 5.03. The van der Waals surface area contributed by atoms with E-state index in [0.29, 0.717) is 17.7 Å². The normalized spacial score (nSPS) is 14.3. The second kappa shape index (κ2) is 5.54. The quantitative estimate of drug-likeness (QED) is 0.909.